The van der Waals surface area contributed by atoms with Crippen LogP contribution >= 0.6 is 11.3 Å². The number of rotatable bonds is 5. The molecule has 7 heteroatoms. The van der Waals surface area contributed by atoms with Crippen LogP contribution in [0.5, 0.6) is 0 Å². The summed E-state index contributed by atoms with van der Waals surface area (Å²) in [4.78, 5) is 5.69. The summed E-state index contributed by atoms with van der Waals surface area (Å²) >= 11 is 1.66. The maximum Gasteiger partial charge on any atom is 0.128 e. The number of benzene rings is 10. The van der Waals surface area contributed by atoms with Gasteiger partial charge in [0, 0.05) is 43.1 Å². The molecule has 6 nitrogen and oxygen atoms in total. The van der Waals surface area contributed by atoms with Gasteiger partial charge >= 0.3 is 0 Å². The molecule has 0 aliphatic rings. The van der Waals surface area contributed by atoms with Gasteiger partial charge in [-0.2, -0.15) is 5.26 Å². The molecule has 0 N–H and O–H groups in total. The van der Waals surface area contributed by atoms with Crippen molar-refractivity contribution in [2.24, 2.45) is 0 Å². The van der Waals surface area contributed by atoms with E-state index in [0.29, 0.717) is 5.56 Å². The predicted octanol–water partition coefficient (Wildman–Crippen LogP) is 21.4. The minimum atomic E-state index is -0.124. The van der Waals surface area contributed by atoms with Gasteiger partial charge in [-0.05, 0) is 129 Å². The van der Waals surface area contributed by atoms with Gasteiger partial charge in [-0.15, -0.1) is 11.3 Å². The average Bonchev–Trinajstić information content (AvgIpc) is 1.70. The summed E-state index contributed by atoms with van der Waals surface area (Å²) in [5, 5.41) is 22.9. The molecule has 416 valence electrons. The monoisotopic (exact) mass is 1120 g/mol. The fraction of sp³-hybridized carbons (Fsp3) is 0.205. The first-order valence-electron chi connectivity index (χ1n) is 29.9. The van der Waals surface area contributed by atoms with Crippen LogP contribution < -0.4 is 0 Å². The van der Waals surface area contributed by atoms with E-state index in [4.69, 9.17) is 4.98 Å². The van der Waals surface area contributed by atoms with E-state index in [1.807, 2.05) is 0 Å². The molecule has 0 radical (unpaired) electrons. The van der Waals surface area contributed by atoms with Crippen molar-refractivity contribution in [1.82, 2.24) is 23.3 Å². The van der Waals surface area contributed by atoms with Crippen LogP contribution in [0.3, 0.4) is 0 Å². The Morgan fingerprint density at radius 1 is 0.329 bits per heavy atom. The minimum Gasteiger partial charge on any atom is -0.306 e. The summed E-state index contributed by atoms with van der Waals surface area (Å²) in [6.45, 7) is 27.6. The number of hydrogen-bond acceptors (Lipinski definition) is 3. The van der Waals surface area contributed by atoms with E-state index in [1.54, 1.807) is 11.3 Å². The maximum atomic E-state index is 13.0. The van der Waals surface area contributed by atoms with Crippen LogP contribution in [-0.2, 0) is 21.7 Å². The Morgan fingerprint density at radius 3 is 0.965 bits per heavy atom. The molecule has 0 atom stereocenters. The number of nitrogens with zero attached hydrogens (tertiary/aromatic N) is 6. The van der Waals surface area contributed by atoms with Gasteiger partial charge in [0.25, 0.3) is 0 Å². The zero-order valence-corrected chi connectivity index (χ0v) is 51.4. The Kier molecular flexibility index (Phi) is 11.4. The highest BCUT2D eigenvalue weighted by Crippen LogP contribution is 2.53. The Balaban J connectivity index is 1.30. The van der Waals surface area contributed by atoms with E-state index in [-0.39, 0.29) is 21.7 Å². The van der Waals surface area contributed by atoms with Gasteiger partial charge in [0.15, 0.2) is 0 Å². The van der Waals surface area contributed by atoms with Crippen molar-refractivity contribution in [3.05, 3.63) is 222 Å². The first-order valence-corrected chi connectivity index (χ1v) is 30.7. The van der Waals surface area contributed by atoms with Crippen molar-refractivity contribution in [1.29, 1.82) is 5.26 Å². The van der Waals surface area contributed by atoms with Crippen molar-refractivity contribution in [3.63, 3.8) is 0 Å². The van der Waals surface area contributed by atoms with Gasteiger partial charge in [-0.25, -0.2) is 4.98 Å². The molecule has 85 heavy (non-hydrogen) atoms. The lowest BCUT2D eigenvalue weighted by Crippen LogP contribution is -2.17. The van der Waals surface area contributed by atoms with Crippen molar-refractivity contribution in [2.45, 2.75) is 105 Å². The average molecular weight is 1120 g/mol. The number of fused-ring (bicyclic) bond motifs is 13. The number of aromatic nitrogens is 5. The summed E-state index contributed by atoms with van der Waals surface area (Å²) in [5.74, 6) is 0. The third-order valence-corrected chi connectivity index (χ3v) is 19.1. The Morgan fingerprint density at radius 2 is 0.624 bits per heavy atom. The van der Waals surface area contributed by atoms with Gasteiger partial charge in [-0.1, -0.05) is 192 Å². The molecule has 0 aliphatic heterocycles. The normalized spacial score (nSPS) is 12.9. The van der Waals surface area contributed by atoms with Crippen LogP contribution in [-0.4, -0.2) is 23.3 Å². The highest BCUT2D eigenvalue weighted by atomic mass is 32.1. The molecule has 0 saturated heterocycles. The number of hydrogen-bond donors (Lipinski definition) is 0. The van der Waals surface area contributed by atoms with Crippen molar-refractivity contribution >= 4 is 109 Å². The second-order valence-corrected chi connectivity index (χ2v) is 28.6. The van der Waals surface area contributed by atoms with E-state index in [9.17, 15) is 5.26 Å². The van der Waals surface area contributed by atoms with Gasteiger partial charge in [0.1, 0.15) is 11.1 Å². The summed E-state index contributed by atoms with van der Waals surface area (Å²) < 4.78 is 11.1. The molecule has 0 saturated carbocycles. The molecule has 10 aromatic carbocycles. The van der Waals surface area contributed by atoms with E-state index in [1.165, 1.54) is 22.3 Å². The quantitative estimate of drug-likeness (QED) is 0.172. The van der Waals surface area contributed by atoms with Gasteiger partial charge in [-0.3, -0.25) is 0 Å². The molecule has 5 aromatic heterocycles. The van der Waals surface area contributed by atoms with Crippen LogP contribution in [0.25, 0.3) is 131 Å². The molecule has 15 aromatic rings. The molecule has 0 fully saturated rings. The molecular formula is C78H68N6S. The van der Waals surface area contributed by atoms with Crippen LogP contribution in [0.4, 0.5) is 0 Å². The van der Waals surface area contributed by atoms with E-state index in [2.05, 4.69) is 302 Å². The lowest BCUT2D eigenvalue weighted by Gasteiger charge is -2.29. The third-order valence-electron chi connectivity index (χ3n) is 18.1. The standard InChI is InChI=1S/C78H68N6S/c1-75(2,3)46-33-37-64-54(41-46)50-23-13-18-28-60(50)81(64)70-58(45-79)69(74-80-59-27-17-22-32-68(59)85-74)71(82-61-29-19-14-24-51(61)55-42-47(76(4,5)6)34-38-65(55)82)73(84-63-31-21-16-26-53(63)57-44-49(78(10,11)12)36-40-67(57)84)72(70)83-62-30-20-15-25-52(62)56-43-48(77(7,8)9)35-39-66(56)83/h13-44H,1-12H3. The Bertz CT molecular complexity index is 5330. The van der Waals surface area contributed by atoms with Crippen molar-refractivity contribution in [3.8, 4) is 39.4 Å². The molecule has 0 unspecified atom stereocenters. The SMILES string of the molecule is CC(C)(C)c1ccc2c(c1)c1ccccc1n2-c1c(C#N)c(-c2nc3ccccc3s2)c(-n2c3ccccc3c3cc(C(C)(C)C)ccc32)c(-n2c3ccccc3c3cc(C(C)(C)C)ccc32)c1-n1c2ccccc2c2cc(C(C)(C)C)ccc21. The third kappa shape index (κ3) is 7.91. The molecular weight excluding hydrogens is 1050 g/mol. The van der Waals surface area contributed by atoms with Crippen LogP contribution in [0.15, 0.2) is 194 Å². The first kappa shape index (κ1) is 52.6. The van der Waals surface area contributed by atoms with Gasteiger partial charge in [0.2, 0.25) is 0 Å². The topological polar surface area (TPSA) is 56.4 Å². The van der Waals surface area contributed by atoms with E-state index >= 15 is 0 Å². The minimum absolute atomic E-state index is 0.119. The first-order chi connectivity index (χ1) is 40.7. The highest BCUT2D eigenvalue weighted by molar-refractivity contribution is 7.21. The zero-order valence-electron chi connectivity index (χ0n) is 50.6. The molecule has 0 aliphatic carbocycles. The molecule has 0 spiro atoms. The summed E-state index contributed by atoms with van der Waals surface area (Å²) in [6, 6.07) is 75.3. The molecule has 5 heterocycles. The van der Waals surface area contributed by atoms with Crippen LogP contribution in [0, 0.1) is 11.3 Å². The number of para-hydroxylation sites is 5. The summed E-state index contributed by atoms with van der Waals surface area (Å²) in [7, 11) is 0. The van der Waals surface area contributed by atoms with Crippen LogP contribution in [0.1, 0.15) is 111 Å². The lowest BCUT2D eigenvalue weighted by molar-refractivity contribution is 0.591. The van der Waals surface area contributed by atoms with E-state index in [0.717, 1.165) is 131 Å². The van der Waals surface area contributed by atoms with Crippen LogP contribution in [0.2, 0.25) is 0 Å². The summed E-state index contributed by atoms with van der Waals surface area (Å²) in [6.07, 6.45) is 0. The lowest BCUT2D eigenvalue weighted by atomic mass is 9.86. The number of nitriles is 1. The second-order valence-electron chi connectivity index (χ2n) is 27.6. The largest absolute Gasteiger partial charge is 0.306 e. The molecule has 15 rings (SSSR count). The maximum absolute atomic E-state index is 13.0. The zero-order chi connectivity index (χ0) is 58.8. The fourth-order valence-corrected chi connectivity index (χ4v) is 14.6. The van der Waals surface area contributed by atoms with Crippen molar-refractivity contribution < 1.29 is 0 Å². The highest BCUT2D eigenvalue weighted by Gasteiger charge is 2.37. The fourth-order valence-electron chi connectivity index (χ4n) is 13.6. The number of thiazole rings is 1. The second kappa shape index (κ2) is 18.4. The molecule has 0 bridgehead atoms. The van der Waals surface area contributed by atoms with Crippen molar-refractivity contribution in [2.75, 3.05) is 0 Å². The Hall–Kier alpha value is -9.22. The molecule has 0 amide bonds. The Labute approximate surface area is 500 Å². The smallest absolute Gasteiger partial charge is 0.128 e. The van der Waals surface area contributed by atoms with E-state index < -0.39 is 0 Å². The van der Waals surface area contributed by atoms with Gasteiger partial charge < -0.3 is 18.3 Å². The predicted molar refractivity (Wildman–Crippen MR) is 362 cm³/mol. The van der Waals surface area contributed by atoms with Gasteiger partial charge in [0.05, 0.1) is 88.2 Å². The summed E-state index contributed by atoms with van der Waals surface area (Å²) in [5.41, 5.74) is 18.5.